The summed E-state index contributed by atoms with van der Waals surface area (Å²) in [4.78, 5) is 23.1. The number of aromatic nitrogens is 2. The number of hydrogen-bond donors (Lipinski definition) is 3. The summed E-state index contributed by atoms with van der Waals surface area (Å²) in [5, 5.41) is 8.89. The van der Waals surface area contributed by atoms with Crippen LogP contribution in [0.4, 0.5) is 22.1 Å². The van der Waals surface area contributed by atoms with Crippen LogP contribution in [0.5, 0.6) is 0 Å². The molecule has 8 nitrogen and oxygen atoms in total. The van der Waals surface area contributed by atoms with Crippen LogP contribution >= 0.6 is 0 Å². The summed E-state index contributed by atoms with van der Waals surface area (Å²) < 4.78 is 5.39. The summed E-state index contributed by atoms with van der Waals surface area (Å²) in [6, 6.07) is 9.40. The normalized spacial score (nSPS) is 13.9. The Labute approximate surface area is 159 Å². The number of carbonyl (C=O) groups is 1. The van der Waals surface area contributed by atoms with Crippen LogP contribution in [0.15, 0.2) is 30.3 Å². The molecule has 144 valence electrons. The van der Waals surface area contributed by atoms with Crippen LogP contribution in [0.1, 0.15) is 11.4 Å². The summed E-state index contributed by atoms with van der Waals surface area (Å²) in [5.74, 6) is 2.37. The highest BCUT2D eigenvalue weighted by molar-refractivity contribution is 5.89. The highest BCUT2D eigenvalue weighted by Crippen LogP contribution is 2.17. The van der Waals surface area contributed by atoms with Crippen molar-refractivity contribution in [3.05, 3.63) is 41.7 Å². The molecule has 1 aromatic carbocycles. The first-order valence-electron chi connectivity index (χ1n) is 9.14. The fourth-order valence-electron chi connectivity index (χ4n) is 2.86. The van der Waals surface area contributed by atoms with Crippen molar-refractivity contribution in [3.63, 3.8) is 0 Å². The highest BCUT2D eigenvalue weighted by Gasteiger charge is 2.14. The highest BCUT2D eigenvalue weighted by atomic mass is 16.5. The molecule has 0 bridgehead atoms. The average molecular weight is 370 g/mol. The van der Waals surface area contributed by atoms with Crippen molar-refractivity contribution in [2.24, 2.45) is 0 Å². The second-order valence-corrected chi connectivity index (χ2v) is 6.44. The summed E-state index contributed by atoms with van der Waals surface area (Å²) >= 11 is 0. The van der Waals surface area contributed by atoms with Gasteiger partial charge in [-0.15, -0.1) is 0 Å². The lowest BCUT2D eigenvalue weighted by molar-refractivity contribution is 0.122. The molecular weight excluding hydrogens is 344 g/mol. The number of nitrogens with zero attached hydrogens (tertiary/aromatic N) is 3. The van der Waals surface area contributed by atoms with E-state index in [1.165, 1.54) is 0 Å². The maximum Gasteiger partial charge on any atom is 0.319 e. The van der Waals surface area contributed by atoms with Crippen LogP contribution in [0, 0.1) is 13.8 Å². The molecule has 3 rings (SSSR count). The van der Waals surface area contributed by atoms with E-state index >= 15 is 0 Å². The fraction of sp³-hybridized carbons (Fsp3) is 0.421. The average Bonchev–Trinajstić information content (AvgIpc) is 2.65. The Hall–Kier alpha value is -2.87. The van der Waals surface area contributed by atoms with Gasteiger partial charge < -0.3 is 25.6 Å². The molecule has 3 N–H and O–H groups in total. The predicted molar refractivity (Wildman–Crippen MR) is 106 cm³/mol. The zero-order valence-electron chi connectivity index (χ0n) is 15.8. The van der Waals surface area contributed by atoms with Crippen molar-refractivity contribution in [1.29, 1.82) is 0 Å². The monoisotopic (exact) mass is 370 g/mol. The van der Waals surface area contributed by atoms with Gasteiger partial charge in [0, 0.05) is 37.9 Å². The van der Waals surface area contributed by atoms with E-state index in [0.29, 0.717) is 32.1 Å². The van der Waals surface area contributed by atoms with Crippen molar-refractivity contribution in [2.75, 3.05) is 54.9 Å². The van der Waals surface area contributed by atoms with Gasteiger partial charge in [0.1, 0.15) is 17.5 Å². The molecule has 1 fully saturated rings. The maximum absolute atomic E-state index is 12.0. The predicted octanol–water partition coefficient (Wildman–Crippen LogP) is 2.16. The lowest BCUT2D eigenvalue weighted by Crippen LogP contribution is -2.37. The number of aryl methyl sites for hydroxylation is 2. The molecule has 0 spiro atoms. The van der Waals surface area contributed by atoms with Crippen molar-refractivity contribution < 1.29 is 9.53 Å². The van der Waals surface area contributed by atoms with Gasteiger partial charge in [-0.2, -0.15) is 0 Å². The Morgan fingerprint density at radius 2 is 1.96 bits per heavy atom. The number of anilines is 3. The van der Waals surface area contributed by atoms with Crippen LogP contribution in [-0.4, -0.2) is 55.4 Å². The smallest absolute Gasteiger partial charge is 0.319 e. The molecule has 2 heterocycles. The fourth-order valence-corrected chi connectivity index (χ4v) is 2.86. The molecule has 1 aliphatic heterocycles. The van der Waals surface area contributed by atoms with Gasteiger partial charge in [-0.3, -0.25) is 0 Å². The third kappa shape index (κ3) is 5.82. The van der Waals surface area contributed by atoms with Crippen LogP contribution in [0.3, 0.4) is 0 Å². The zero-order chi connectivity index (χ0) is 19.1. The first-order valence-corrected chi connectivity index (χ1v) is 9.14. The number of morpholine rings is 1. The standard InChI is InChI=1S/C19H26N6O2/c1-14-4-3-5-16(12-14)24-19(26)21-7-6-20-17-13-18(23-15(2)22-17)25-8-10-27-11-9-25/h3-5,12-13H,6-11H2,1-2H3,(H,20,22,23)(H2,21,24,26). The first-order chi connectivity index (χ1) is 13.1. The van der Waals surface area contributed by atoms with E-state index in [2.05, 4.69) is 30.8 Å². The summed E-state index contributed by atoms with van der Waals surface area (Å²) in [6.45, 7) is 8.00. The number of rotatable bonds is 6. The molecule has 1 saturated heterocycles. The minimum absolute atomic E-state index is 0.227. The third-order valence-electron chi connectivity index (χ3n) is 4.15. The molecule has 27 heavy (non-hydrogen) atoms. The summed E-state index contributed by atoms with van der Waals surface area (Å²) in [6.07, 6.45) is 0. The van der Waals surface area contributed by atoms with Gasteiger partial charge in [-0.1, -0.05) is 12.1 Å². The van der Waals surface area contributed by atoms with Gasteiger partial charge in [-0.05, 0) is 31.5 Å². The number of carbonyl (C=O) groups excluding carboxylic acids is 1. The third-order valence-corrected chi connectivity index (χ3v) is 4.15. The molecule has 0 unspecified atom stereocenters. The van der Waals surface area contributed by atoms with Crippen LogP contribution in [0.2, 0.25) is 0 Å². The number of urea groups is 1. The summed E-state index contributed by atoms with van der Waals surface area (Å²) in [7, 11) is 0. The van der Waals surface area contributed by atoms with E-state index in [1.54, 1.807) is 0 Å². The van der Waals surface area contributed by atoms with Crippen LogP contribution in [0.25, 0.3) is 0 Å². The largest absolute Gasteiger partial charge is 0.378 e. The van der Waals surface area contributed by atoms with Crippen molar-refractivity contribution >= 4 is 23.4 Å². The lowest BCUT2D eigenvalue weighted by atomic mass is 10.2. The number of nitrogens with one attached hydrogen (secondary N) is 3. The lowest BCUT2D eigenvalue weighted by Gasteiger charge is -2.28. The second kappa shape index (κ2) is 9.18. The number of hydrogen-bond acceptors (Lipinski definition) is 6. The van der Waals surface area contributed by atoms with Gasteiger partial charge in [0.25, 0.3) is 0 Å². The van der Waals surface area contributed by atoms with Gasteiger partial charge >= 0.3 is 6.03 Å². The molecule has 0 saturated carbocycles. The molecule has 1 aliphatic rings. The Kier molecular flexibility index (Phi) is 6.43. The quantitative estimate of drug-likeness (QED) is 0.675. The minimum Gasteiger partial charge on any atom is -0.378 e. The molecule has 0 radical (unpaired) electrons. The van der Waals surface area contributed by atoms with Crippen molar-refractivity contribution in [2.45, 2.75) is 13.8 Å². The summed E-state index contributed by atoms with van der Waals surface area (Å²) in [5.41, 5.74) is 1.88. The minimum atomic E-state index is -0.227. The Morgan fingerprint density at radius 3 is 2.74 bits per heavy atom. The second-order valence-electron chi connectivity index (χ2n) is 6.44. The van der Waals surface area contributed by atoms with E-state index in [9.17, 15) is 4.79 Å². The van der Waals surface area contributed by atoms with Crippen LogP contribution < -0.4 is 20.9 Å². The topological polar surface area (TPSA) is 91.4 Å². The van der Waals surface area contributed by atoms with Crippen LogP contribution in [-0.2, 0) is 4.74 Å². The number of ether oxygens (including phenoxy) is 1. The Bertz CT molecular complexity index is 777. The molecule has 2 aromatic rings. The van der Waals surface area contributed by atoms with Gasteiger partial charge in [0.2, 0.25) is 0 Å². The molecule has 8 heteroatoms. The zero-order valence-corrected chi connectivity index (χ0v) is 15.8. The maximum atomic E-state index is 12.0. The van der Waals surface area contributed by atoms with E-state index in [-0.39, 0.29) is 6.03 Å². The first kappa shape index (κ1) is 18.9. The van der Waals surface area contributed by atoms with Gasteiger partial charge in [0.05, 0.1) is 13.2 Å². The molecular formula is C19H26N6O2. The number of benzene rings is 1. The van der Waals surface area contributed by atoms with E-state index in [1.807, 2.05) is 44.2 Å². The van der Waals surface area contributed by atoms with Gasteiger partial charge in [0.15, 0.2) is 0 Å². The molecule has 2 amide bonds. The Morgan fingerprint density at radius 1 is 1.15 bits per heavy atom. The molecule has 0 aliphatic carbocycles. The van der Waals surface area contributed by atoms with Crippen molar-refractivity contribution in [3.8, 4) is 0 Å². The van der Waals surface area contributed by atoms with Gasteiger partial charge in [-0.25, -0.2) is 14.8 Å². The number of amides is 2. The Balaban J connectivity index is 1.46. The molecule has 0 atom stereocenters. The van der Waals surface area contributed by atoms with E-state index in [0.717, 1.165) is 36.0 Å². The van der Waals surface area contributed by atoms with Crippen molar-refractivity contribution in [1.82, 2.24) is 15.3 Å². The SMILES string of the molecule is Cc1cccc(NC(=O)NCCNc2cc(N3CCOCC3)nc(C)n2)c1. The van der Waals surface area contributed by atoms with E-state index in [4.69, 9.17) is 4.74 Å². The van der Waals surface area contributed by atoms with E-state index < -0.39 is 0 Å². The molecule has 1 aromatic heterocycles.